The van der Waals surface area contributed by atoms with Crippen LogP contribution in [0.15, 0.2) is 0 Å². The van der Waals surface area contributed by atoms with Crippen LogP contribution in [-0.2, 0) is 9.59 Å². The second-order valence-electron chi connectivity index (χ2n) is 5.30. The highest BCUT2D eigenvalue weighted by Crippen LogP contribution is 2.07. The fourth-order valence-electron chi connectivity index (χ4n) is 1.44. The molecular weight excluding hydrogens is 266 g/mol. The molecule has 0 aromatic carbocycles. The third kappa shape index (κ3) is 8.30. The van der Waals surface area contributed by atoms with E-state index in [0.29, 0.717) is 0 Å². The first-order valence-electron chi connectivity index (χ1n) is 6.26. The molecule has 116 valence electrons. The first kappa shape index (κ1) is 18.2. The number of carboxylic acid groups (broad SMARTS) is 1. The molecule has 8 nitrogen and oxygen atoms in total. The number of aliphatic hydroxyl groups is 1. The lowest BCUT2D eigenvalue weighted by Gasteiger charge is -2.24. The highest BCUT2D eigenvalue weighted by atomic mass is 16.4. The maximum absolute atomic E-state index is 11.7. The first-order valence-corrected chi connectivity index (χ1v) is 6.26. The Morgan fingerprint density at radius 3 is 2.30 bits per heavy atom. The van der Waals surface area contributed by atoms with Gasteiger partial charge in [-0.25, -0.2) is 4.79 Å². The van der Waals surface area contributed by atoms with Crippen molar-refractivity contribution >= 4 is 17.9 Å². The number of carbonyl (C=O) groups excluding carboxylic acids is 2. The van der Waals surface area contributed by atoms with E-state index in [4.69, 9.17) is 5.11 Å². The molecule has 20 heavy (non-hydrogen) atoms. The van der Waals surface area contributed by atoms with Crippen LogP contribution in [0.5, 0.6) is 0 Å². The summed E-state index contributed by atoms with van der Waals surface area (Å²) in [5.74, 6) is -1.45. The number of urea groups is 1. The molecule has 0 saturated heterocycles. The van der Waals surface area contributed by atoms with E-state index in [2.05, 4.69) is 10.6 Å². The minimum atomic E-state index is -1.54. The van der Waals surface area contributed by atoms with E-state index in [1.54, 1.807) is 13.8 Å². The number of hydrogen-bond acceptors (Lipinski definition) is 4. The number of carboxylic acids is 1. The summed E-state index contributed by atoms with van der Waals surface area (Å²) in [6.45, 7) is 4.59. The molecule has 0 aromatic rings. The highest BCUT2D eigenvalue weighted by molar-refractivity contribution is 5.84. The molecule has 0 fully saturated rings. The molecule has 0 spiro atoms. The number of rotatable bonds is 7. The van der Waals surface area contributed by atoms with Gasteiger partial charge in [0.2, 0.25) is 5.91 Å². The number of nitrogens with one attached hydrogen (secondary N) is 2. The van der Waals surface area contributed by atoms with Gasteiger partial charge >= 0.3 is 12.0 Å². The van der Waals surface area contributed by atoms with Crippen LogP contribution in [0.4, 0.5) is 4.79 Å². The van der Waals surface area contributed by atoms with Crippen molar-refractivity contribution in [2.24, 2.45) is 0 Å². The number of amides is 3. The SMILES string of the molecule is CC(C)NC(=O)CN(C)C(=O)NCC(C)(O)CC(=O)O. The van der Waals surface area contributed by atoms with E-state index in [0.717, 1.165) is 4.90 Å². The topological polar surface area (TPSA) is 119 Å². The Morgan fingerprint density at radius 2 is 1.85 bits per heavy atom. The fraction of sp³-hybridized carbons (Fsp3) is 0.750. The van der Waals surface area contributed by atoms with Gasteiger partial charge in [0, 0.05) is 19.6 Å². The largest absolute Gasteiger partial charge is 0.481 e. The summed E-state index contributed by atoms with van der Waals surface area (Å²) in [5.41, 5.74) is -1.54. The van der Waals surface area contributed by atoms with Crippen molar-refractivity contribution in [2.75, 3.05) is 20.1 Å². The molecule has 4 N–H and O–H groups in total. The van der Waals surface area contributed by atoms with Crippen LogP contribution in [-0.4, -0.2) is 64.8 Å². The molecule has 0 aromatic heterocycles. The summed E-state index contributed by atoms with van der Waals surface area (Å²) < 4.78 is 0. The van der Waals surface area contributed by atoms with Gasteiger partial charge in [-0.1, -0.05) is 0 Å². The van der Waals surface area contributed by atoms with Crippen LogP contribution < -0.4 is 10.6 Å². The number of likely N-dealkylation sites (N-methyl/N-ethyl adjacent to an activating group) is 1. The van der Waals surface area contributed by atoms with Crippen molar-refractivity contribution in [3.63, 3.8) is 0 Å². The number of carbonyl (C=O) groups is 3. The zero-order valence-corrected chi connectivity index (χ0v) is 12.3. The Hall–Kier alpha value is -1.83. The van der Waals surface area contributed by atoms with Gasteiger partial charge in [0.1, 0.15) is 6.54 Å². The van der Waals surface area contributed by atoms with Gasteiger partial charge in [0.25, 0.3) is 0 Å². The molecule has 0 aliphatic heterocycles. The number of aliphatic carboxylic acids is 1. The van der Waals surface area contributed by atoms with Gasteiger partial charge in [-0.2, -0.15) is 0 Å². The molecule has 1 atom stereocenters. The Labute approximate surface area is 118 Å². The van der Waals surface area contributed by atoms with Crippen LogP contribution >= 0.6 is 0 Å². The predicted molar refractivity (Wildman–Crippen MR) is 72.2 cm³/mol. The maximum Gasteiger partial charge on any atom is 0.317 e. The van der Waals surface area contributed by atoms with Crippen molar-refractivity contribution in [1.82, 2.24) is 15.5 Å². The van der Waals surface area contributed by atoms with E-state index >= 15 is 0 Å². The van der Waals surface area contributed by atoms with Gasteiger partial charge < -0.3 is 25.7 Å². The minimum Gasteiger partial charge on any atom is -0.481 e. The van der Waals surface area contributed by atoms with E-state index in [-0.39, 0.29) is 25.0 Å². The van der Waals surface area contributed by atoms with Gasteiger partial charge in [-0.3, -0.25) is 9.59 Å². The summed E-state index contributed by atoms with van der Waals surface area (Å²) in [5, 5.41) is 23.3. The zero-order chi connectivity index (χ0) is 15.9. The molecule has 0 bridgehead atoms. The quantitative estimate of drug-likeness (QED) is 0.498. The maximum atomic E-state index is 11.7. The fourth-order valence-corrected chi connectivity index (χ4v) is 1.44. The first-order chi connectivity index (χ1) is 9.03. The smallest absolute Gasteiger partial charge is 0.317 e. The average molecular weight is 289 g/mol. The lowest BCUT2D eigenvalue weighted by Crippen LogP contribution is -2.49. The van der Waals surface area contributed by atoms with E-state index in [9.17, 15) is 19.5 Å². The van der Waals surface area contributed by atoms with Gasteiger partial charge in [-0.05, 0) is 20.8 Å². The molecule has 0 saturated carbocycles. The summed E-state index contributed by atoms with van der Waals surface area (Å²) in [7, 11) is 1.43. The second-order valence-corrected chi connectivity index (χ2v) is 5.30. The summed E-state index contributed by atoms with van der Waals surface area (Å²) in [6, 6.07) is -0.579. The van der Waals surface area contributed by atoms with E-state index in [1.165, 1.54) is 14.0 Å². The van der Waals surface area contributed by atoms with Gasteiger partial charge in [0.15, 0.2) is 0 Å². The van der Waals surface area contributed by atoms with Crippen molar-refractivity contribution in [2.45, 2.75) is 38.8 Å². The third-order valence-electron chi connectivity index (χ3n) is 2.33. The monoisotopic (exact) mass is 289 g/mol. The molecule has 0 aliphatic carbocycles. The lowest BCUT2D eigenvalue weighted by molar-refractivity contribution is -0.141. The number of nitrogens with zero attached hydrogens (tertiary/aromatic N) is 1. The average Bonchev–Trinajstić information content (AvgIpc) is 2.22. The molecule has 0 rings (SSSR count). The van der Waals surface area contributed by atoms with E-state index in [1.807, 2.05) is 0 Å². The Bertz CT molecular complexity index is 368. The molecule has 0 heterocycles. The molecule has 8 heteroatoms. The van der Waals surface area contributed by atoms with Crippen molar-refractivity contribution in [3.05, 3.63) is 0 Å². The molecule has 1 unspecified atom stereocenters. The lowest BCUT2D eigenvalue weighted by atomic mass is 10.0. The molecule has 0 radical (unpaired) electrons. The van der Waals surface area contributed by atoms with Crippen LogP contribution in [0, 0.1) is 0 Å². The van der Waals surface area contributed by atoms with Crippen molar-refractivity contribution < 1.29 is 24.6 Å². The van der Waals surface area contributed by atoms with Crippen molar-refractivity contribution in [1.29, 1.82) is 0 Å². The molecule has 0 aliphatic rings. The van der Waals surface area contributed by atoms with Crippen molar-refractivity contribution in [3.8, 4) is 0 Å². The van der Waals surface area contributed by atoms with Crippen LogP contribution in [0.1, 0.15) is 27.2 Å². The Morgan fingerprint density at radius 1 is 1.30 bits per heavy atom. The minimum absolute atomic E-state index is 0.0183. The van der Waals surface area contributed by atoms with Crippen LogP contribution in [0.3, 0.4) is 0 Å². The van der Waals surface area contributed by atoms with Gasteiger partial charge in [-0.15, -0.1) is 0 Å². The summed E-state index contributed by atoms with van der Waals surface area (Å²) in [6.07, 6.45) is -0.481. The van der Waals surface area contributed by atoms with E-state index < -0.39 is 24.0 Å². The second kappa shape index (κ2) is 7.68. The van der Waals surface area contributed by atoms with Gasteiger partial charge in [0.05, 0.1) is 12.0 Å². The zero-order valence-electron chi connectivity index (χ0n) is 12.3. The standard InChI is InChI=1S/C12H23N3O5/c1-8(2)14-9(16)6-15(4)11(19)13-7-12(3,20)5-10(17)18/h8,20H,5-7H2,1-4H3,(H,13,19)(H,14,16)(H,17,18). The summed E-state index contributed by atoms with van der Waals surface area (Å²) >= 11 is 0. The normalized spacial score (nSPS) is 13.5. The number of hydrogen-bond donors (Lipinski definition) is 4. The van der Waals surface area contributed by atoms with Crippen LogP contribution in [0.2, 0.25) is 0 Å². The third-order valence-corrected chi connectivity index (χ3v) is 2.33. The molecule has 3 amide bonds. The Kier molecular flexibility index (Phi) is 6.98. The van der Waals surface area contributed by atoms with Crippen LogP contribution in [0.25, 0.3) is 0 Å². The summed E-state index contributed by atoms with van der Waals surface area (Å²) in [4.78, 5) is 34.8. The Balaban J connectivity index is 4.20. The molecular formula is C12H23N3O5. The predicted octanol–water partition coefficient (Wildman–Crippen LogP) is -0.622. The highest BCUT2D eigenvalue weighted by Gasteiger charge is 2.25.